The van der Waals surface area contributed by atoms with Crippen molar-refractivity contribution in [2.45, 2.75) is 20.4 Å². The fourth-order valence-electron chi connectivity index (χ4n) is 2.34. The molecule has 0 bridgehead atoms. The van der Waals surface area contributed by atoms with E-state index in [-0.39, 0.29) is 24.0 Å². The molecule has 1 aromatic heterocycles. The molecule has 1 aromatic carbocycles. The van der Waals surface area contributed by atoms with Gasteiger partial charge in [0.25, 0.3) is 0 Å². The van der Waals surface area contributed by atoms with E-state index in [4.69, 9.17) is 4.74 Å². The van der Waals surface area contributed by atoms with E-state index in [2.05, 4.69) is 65.4 Å². The van der Waals surface area contributed by atoms with Crippen molar-refractivity contribution in [2.75, 3.05) is 26.7 Å². The number of aromatic nitrogens is 1. The second-order valence-corrected chi connectivity index (χ2v) is 5.56. The van der Waals surface area contributed by atoms with Gasteiger partial charge in [-0.2, -0.15) is 0 Å². The van der Waals surface area contributed by atoms with Gasteiger partial charge in [-0.1, -0.05) is 24.3 Å². The Hall–Kier alpha value is -1.83. The quantitative estimate of drug-likeness (QED) is 0.301. The molecule has 5 nitrogen and oxygen atoms in total. The van der Waals surface area contributed by atoms with Crippen LogP contribution >= 0.6 is 24.0 Å². The summed E-state index contributed by atoms with van der Waals surface area (Å²) in [6.45, 7) is 6.98. The van der Waals surface area contributed by atoms with Gasteiger partial charge in [0.2, 0.25) is 0 Å². The van der Waals surface area contributed by atoms with E-state index in [9.17, 15) is 0 Å². The zero-order valence-electron chi connectivity index (χ0n) is 15.1. The van der Waals surface area contributed by atoms with Gasteiger partial charge < -0.3 is 15.0 Å². The minimum absolute atomic E-state index is 0. The molecule has 0 aliphatic carbocycles. The predicted molar refractivity (Wildman–Crippen MR) is 114 cm³/mol. The van der Waals surface area contributed by atoms with E-state index in [1.54, 1.807) is 12.4 Å². The van der Waals surface area contributed by atoms with Crippen LogP contribution in [-0.4, -0.2) is 42.6 Å². The summed E-state index contributed by atoms with van der Waals surface area (Å²) in [6.07, 6.45) is 3.44. The Labute approximate surface area is 167 Å². The van der Waals surface area contributed by atoms with Crippen molar-refractivity contribution in [3.63, 3.8) is 0 Å². The highest BCUT2D eigenvalue weighted by molar-refractivity contribution is 14.0. The number of aryl methyl sites for hydroxylation is 1. The summed E-state index contributed by atoms with van der Waals surface area (Å²) >= 11 is 0. The highest BCUT2D eigenvalue weighted by atomic mass is 127. The molecule has 0 spiro atoms. The van der Waals surface area contributed by atoms with Crippen molar-refractivity contribution in [3.05, 3.63) is 59.9 Å². The molecule has 0 aliphatic rings. The minimum Gasteiger partial charge on any atom is -0.490 e. The number of benzene rings is 1. The van der Waals surface area contributed by atoms with Crippen LogP contribution in [0.2, 0.25) is 0 Å². The van der Waals surface area contributed by atoms with Crippen molar-refractivity contribution >= 4 is 29.9 Å². The molecule has 136 valence electrons. The standard InChI is InChI=1S/C19H26N4O.HI/c1-4-21-19(22-12-13-24-18-10-7-11-20-14-18)23(3)15-17-9-6-5-8-16(17)2;/h5-11,14H,4,12-13,15H2,1-3H3,(H,21,22);1H. The molecular formula is C19H27IN4O. The summed E-state index contributed by atoms with van der Waals surface area (Å²) in [4.78, 5) is 10.8. The van der Waals surface area contributed by atoms with Crippen LogP contribution < -0.4 is 10.1 Å². The summed E-state index contributed by atoms with van der Waals surface area (Å²) < 4.78 is 5.64. The van der Waals surface area contributed by atoms with Crippen LogP contribution in [0.5, 0.6) is 5.75 Å². The summed E-state index contributed by atoms with van der Waals surface area (Å²) in [5.74, 6) is 1.65. The number of rotatable bonds is 7. The second-order valence-electron chi connectivity index (χ2n) is 5.56. The average molecular weight is 454 g/mol. The lowest BCUT2D eigenvalue weighted by molar-refractivity contribution is 0.326. The van der Waals surface area contributed by atoms with E-state index >= 15 is 0 Å². The zero-order chi connectivity index (χ0) is 17.2. The van der Waals surface area contributed by atoms with Crippen LogP contribution in [0.3, 0.4) is 0 Å². The second kappa shape index (κ2) is 11.7. The van der Waals surface area contributed by atoms with E-state index in [0.29, 0.717) is 13.2 Å². The van der Waals surface area contributed by atoms with Crippen molar-refractivity contribution in [1.29, 1.82) is 0 Å². The number of nitrogens with zero attached hydrogens (tertiary/aromatic N) is 3. The van der Waals surface area contributed by atoms with Crippen molar-refractivity contribution in [3.8, 4) is 5.75 Å². The molecule has 0 saturated heterocycles. The van der Waals surface area contributed by atoms with Gasteiger partial charge in [-0.15, -0.1) is 24.0 Å². The van der Waals surface area contributed by atoms with Gasteiger partial charge in [0.05, 0.1) is 12.7 Å². The molecule has 0 atom stereocenters. The third kappa shape index (κ3) is 7.29. The lowest BCUT2D eigenvalue weighted by Crippen LogP contribution is -2.38. The normalized spacial score (nSPS) is 10.8. The molecule has 2 aromatic rings. The van der Waals surface area contributed by atoms with Gasteiger partial charge in [0, 0.05) is 26.3 Å². The zero-order valence-corrected chi connectivity index (χ0v) is 17.4. The van der Waals surface area contributed by atoms with Gasteiger partial charge in [-0.05, 0) is 37.1 Å². The van der Waals surface area contributed by atoms with Crippen molar-refractivity contribution in [1.82, 2.24) is 15.2 Å². The van der Waals surface area contributed by atoms with Gasteiger partial charge in [0.1, 0.15) is 12.4 Å². The SMILES string of the molecule is CCNC(=NCCOc1cccnc1)N(C)Cc1ccccc1C.I. The maximum Gasteiger partial charge on any atom is 0.194 e. The van der Waals surface area contributed by atoms with Gasteiger partial charge in [-0.25, -0.2) is 4.99 Å². The number of aliphatic imine (C=N–C) groups is 1. The van der Waals surface area contributed by atoms with E-state index in [1.807, 2.05) is 12.1 Å². The Balaban J connectivity index is 0.00000312. The molecule has 0 radical (unpaired) electrons. The minimum atomic E-state index is 0. The molecule has 1 N–H and O–H groups in total. The fraction of sp³-hybridized carbons (Fsp3) is 0.368. The van der Waals surface area contributed by atoms with Gasteiger partial charge in [0.15, 0.2) is 5.96 Å². The highest BCUT2D eigenvalue weighted by Crippen LogP contribution is 2.09. The smallest absolute Gasteiger partial charge is 0.194 e. The monoisotopic (exact) mass is 454 g/mol. The number of pyridine rings is 1. The van der Waals surface area contributed by atoms with Gasteiger partial charge in [-0.3, -0.25) is 4.98 Å². The Bertz CT molecular complexity index is 649. The Morgan fingerprint density at radius 3 is 2.72 bits per heavy atom. The number of halogens is 1. The summed E-state index contributed by atoms with van der Waals surface area (Å²) in [7, 11) is 2.05. The van der Waals surface area contributed by atoms with Crippen LogP contribution in [0, 0.1) is 6.92 Å². The first-order valence-corrected chi connectivity index (χ1v) is 8.27. The topological polar surface area (TPSA) is 49.8 Å². The van der Waals surface area contributed by atoms with E-state index in [1.165, 1.54) is 11.1 Å². The molecule has 0 unspecified atom stereocenters. The predicted octanol–water partition coefficient (Wildman–Crippen LogP) is 3.48. The third-order valence-corrected chi connectivity index (χ3v) is 3.62. The first-order chi connectivity index (χ1) is 11.7. The molecule has 0 saturated carbocycles. The largest absolute Gasteiger partial charge is 0.490 e. The molecule has 6 heteroatoms. The number of guanidine groups is 1. The highest BCUT2D eigenvalue weighted by Gasteiger charge is 2.07. The number of ether oxygens (including phenoxy) is 1. The molecule has 0 aliphatic heterocycles. The Morgan fingerprint density at radius 2 is 2.04 bits per heavy atom. The average Bonchev–Trinajstić information content (AvgIpc) is 2.60. The number of hydrogen-bond acceptors (Lipinski definition) is 3. The third-order valence-electron chi connectivity index (χ3n) is 3.62. The van der Waals surface area contributed by atoms with Crippen LogP contribution in [-0.2, 0) is 6.54 Å². The summed E-state index contributed by atoms with van der Waals surface area (Å²) in [5.41, 5.74) is 2.59. The maximum absolute atomic E-state index is 5.64. The van der Waals surface area contributed by atoms with Crippen LogP contribution in [0.25, 0.3) is 0 Å². The van der Waals surface area contributed by atoms with Crippen molar-refractivity contribution < 1.29 is 4.74 Å². The van der Waals surface area contributed by atoms with E-state index < -0.39 is 0 Å². The fourth-order valence-corrected chi connectivity index (χ4v) is 2.34. The first-order valence-electron chi connectivity index (χ1n) is 8.27. The lowest BCUT2D eigenvalue weighted by atomic mass is 10.1. The summed E-state index contributed by atoms with van der Waals surface area (Å²) in [6, 6.07) is 12.2. The lowest BCUT2D eigenvalue weighted by Gasteiger charge is -2.23. The molecule has 25 heavy (non-hydrogen) atoms. The van der Waals surface area contributed by atoms with Crippen LogP contribution in [0.15, 0.2) is 53.8 Å². The van der Waals surface area contributed by atoms with Crippen LogP contribution in [0.1, 0.15) is 18.1 Å². The number of hydrogen-bond donors (Lipinski definition) is 1. The maximum atomic E-state index is 5.64. The van der Waals surface area contributed by atoms with Crippen LogP contribution in [0.4, 0.5) is 0 Å². The first kappa shape index (κ1) is 21.2. The Morgan fingerprint density at radius 1 is 1.24 bits per heavy atom. The molecule has 0 amide bonds. The molecular weight excluding hydrogens is 427 g/mol. The van der Waals surface area contributed by atoms with Gasteiger partial charge >= 0.3 is 0 Å². The molecule has 2 rings (SSSR count). The number of nitrogens with one attached hydrogen (secondary N) is 1. The van der Waals surface area contributed by atoms with E-state index in [0.717, 1.165) is 24.8 Å². The summed E-state index contributed by atoms with van der Waals surface area (Å²) in [5, 5.41) is 3.33. The van der Waals surface area contributed by atoms with Crippen molar-refractivity contribution in [2.24, 2.45) is 4.99 Å². The molecule has 0 fully saturated rings. The molecule has 1 heterocycles. The Kier molecular flexibility index (Phi) is 9.91.